The predicted octanol–water partition coefficient (Wildman–Crippen LogP) is 0.597. The van der Waals surface area contributed by atoms with Crippen LogP contribution in [0.15, 0.2) is 0 Å². The minimum Gasteiger partial charge on any atom is -0.361 e. The molecule has 0 unspecified atom stereocenters. The first-order chi connectivity index (χ1) is 4.56. The molecular weight excluding hydrogens is 156 g/mol. The molecule has 0 heterocycles. The Labute approximate surface area is 67.8 Å². The highest BCUT2D eigenvalue weighted by atomic mass is 28.4. The standard InChI is InChI=1S/C6H18N2Si2/c1-5-7-6-9-8-10(2,3)4/h7-8H,5-6H2,1-4H3. The van der Waals surface area contributed by atoms with Crippen LogP contribution in [0.1, 0.15) is 6.92 Å². The molecule has 0 fully saturated rings. The molecule has 10 heavy (non-hydrogen) atoms. The van der Waals surface area contributed by atoms with Crippen molar-refractivity contribution in [2.45, 2.75) is 26.6 Å². The van der Waals surface area contributed by atoms with Gasteiger partial charge >= 0.3 is 0 Å². The van der Waals surface area contributed by atoms with E-state index < -0.39 is 8.24 Å². The summed E-state index contributed by atoms with van der Waals surface area (Å²) in [5.41, 5.74) is 0. The second kappa shape index (κ2) is 5.06. The lowest BCUT2D eigenvalue weighted by molar-refractivity contribution is 0.826. The first-order valence-electron chi connectivity index (χ1n) is 3.77. The van der Waals surface area contributed by atoms with Crippen LogP contribution in [-0.2, 0) is 0 Å². The van der Waals surface area contributed by atoms with E-state index in [0.717, 1.165) is 22.4 Å². The molecular formula is C6H18N2Si2. The number of hydrogen-bond donors (Lipinski definition) is 2. The molecule has 0 aliphatic heterocycles. The predicted molar refractivity (Wildman–Crippen MR) is 50.8 cm³/mol. The smallest absolute Gasteiger partial charge is 0.147 e. The van der Waals surface area contributed by atoms with Crippen LogP contribution in [-0.4, -0.2) is 30.6 Å². The van der Waals surface area contributed by atoms with E-state index in [-0.39, 0.29) is 0 Å². The zero-order chi connectivity index (χ0) is 8.04. The van der Waals surface area contributed by atoms with Crippen molar-refractivity contribution in [1.82, 2.24) is 9.96 Å². The minimum atomic E-state index is -0.985. The molecule has 0 saturated carbocycles. The highest BCUT2D eigenvalue weighted by Gasteiger charge is 2.10. The molecule has 4 heteroatoms. The van der Waals surface area contributed by atoms with Gasteiger partial charge in [0.15, 0.2) is 0 Å². The Bertz CT molecular complexity index is 80.3. The summed E-state index contributed by atoms with van der Waals surface area (Å²) >= 11 is 0. The molecule has 2 nitrogen and oxygen atoms in total. The molecule has 0 bridgehead atoms. The minimum absolute atomic E-state index is 0.891. The number of rotatable bonds is 5. The molecule has 0 aliphatic carbocycles. The fraction of sp³-hybridized carbons (Fsp3) is 1.00. The molecule has 0 atom stereocenters. The van der Waals surface area contributed by atoms with Crippen molar-refractivity contribution in [2.75, 3.05) is 12.7 Å². The zero-order valence-electron chi connectivity index (χ0n) is 7.41. The van der Waals surface area contributed by atoms with Gasteiger partial charge in [-0.25, -0.2) is 0 Å². The Hall–Kier alpha value is 0.354. The Morgan fingerprint density at radius 3 is 2.30 bits per heavy atom. The van der Waals surface area contributed by atoms with Gasteiger partial charge in [0, 0.05) is 6.17 Å². The monoisotopic (exact) mass is 174 g/mol. The fourth-order valence-electron chi connectivity index (χ4n) is 0.497. The van der Waals surface area contributed by atoms with Crippen molar-refractivity contribution >= 4 is 17.9 Å². The summed E-state index contributed by atoms with van der Waals surface area (Å²) in [6.07, 6.45) is 1.13. The van der Waals surface area contributed by atoms with Crippen molar-refractivity contribution in [1.29, 1.82) is 0 Å². The summed E-state index contributed by atoms with van der Waals surface area (Å²) < 4.78 is 3.56. The topological polar surface area (TPSA) is 24.1 Å². The SMILES string of the molecule is CCNC[Si]N[Si](C)(C)C. The third-order valence-corrected chi connectivity index (χ3v) is 5.06. The van der Waals surface area contributed by atoms with E-state index in [9.17, 15) is 0 Å². The fourth-order valence-corrected chi connectivity index (χ4v) is 3.35. The van der Waals surface area contributed by atoms with Crippen LogP contribution >= 0.6 is 0 Å². The molecule has 2 N–H and O–H groups in total. The van der Waals surface area contributed by atoms with Crippen LogP contribution < -0.4 is 9.96 Å². The zero-order valence-corrected chi connectivity index (χ0v) is 9.41. The molecule has 0 amide bonds. The van der Waals surface area contributed by atoms with Gasteiger partial charge in [-0.2, -0.15) is 0 Å². The first kappa shape index (κ1) is 10.4. The molecule has 0 aromatic carbocycles. The van der Waals surface area contributed by atoms with Gasteiger partial charge in [-0.05, 0) is 6.54 Å². The van der Waals surface area contributed by atoms with E-state index in [1.165, 1.54) is 0 Å². The summed E-state index contributed by atoms with van der Waals surface area (Å²) in [7, 11) is -0.0938. The van der Waals surface area contributed by atoms with E-state index in [0.29, 0.717) is 0 Å². The Morgan fingerprint density at radius 1 is 1.30 bits per heavy atom. The Kier molecular flexibility index (Phi) is 5.24. The lowest BCUT2D eigenvalue weighted by Gasteiger charge is -2.16. The van der Waals surface area contributed by atoms with Crippen molar-refractivity contribution < 1.29 is 0 Å². The quantitative estimate of drug-likeness (QED) is 0.471. The molecule has 60 valence electrons. The lowest BCUT2D eigenvalue weighted by atomic mass is 10.8. The number of nitrogens with one attached hydrogen (secondary N) is 2. The average molecular weight is 174 g/mol. The van der Waals surface area contributed by atoms with Gasteiger partial charge in [0.05, 0.1) is 0 Å². The van der Waals surface area contributed by atoms with E-state index in [1.54, 1.807) is 0 Å². The van der Waals surface area contributed by atoms with Crippen molar-refractivity contribution in [3.8, 4) is 0 Å². The van der Waals surface area contributed by atoms with E-state index in [2.05, 4.69) is 36.5 Å². The van der Waals surface area contributed by atoms with Gasteiger partial charge in [0.2, 0.25) is 0 Å². The summed E-state index contributed by atoms with van der Waals surface area (Å²) in [5.74, 6) is 0. The normalized spacial score (nSPS) is 12.0. The Morgan fingerprint density at radius 2 is 1.90 bits per heavy atom. The van der Waals surface area contributed by atoms with E-state index >= 15 is 0 Å². The molecule has 0 spiro atoms. The largest absolute Gasteiger partial charge is 0.361 e. The van der Waals surface area contributed by atoms with Crippen molar-refractivity contribution in [3.05, 3.63) is 0 Å². The first-order valence-corrected chi connectivity index (χ1v) is 8.47. The van der Waals surface area contributed by atoms with Gasteiger partial charge in [-0.1, -0.05) is 26.6 Å². The van der Waals surface area contributed by atoms with E-state index in [1.807, 2.05) is 0 Å². The van der Waals surface area contributed by atoms with Gasteiger partial charge < -0.3 is 9.96 Å². The summed E-state index contributed by atoms with van der Waals surface area (Å²) in [6.45, 7) is 10.2. The molecule has 0 aliphatic rings. The maximum Gasteiger partial charge on any atom is 0.147 e. The molecule has 0 aromatic rings. The van der Waals surface area contributed by atoms with E-state index in [4.69, 9.17) is 0 Å². The summed E-state index contributed by atoms with van der Waals surface area (Å²) in [6, 6.07) is 0. The second-order valence-corrected chi connectivity index (χ2v) is 9.54. The summed E-state index contributed by atoms with van der Waals surface area (Å²) in [4.78, 5) is 0. The van der Waals surface area contributed by atoms with Crippen LogP contribution in [0.25, 0.3) is 0 Å². The second-order valence-electron chi connectivity index (χ2n) is 3.33. The van der Waals surface area contributed by atoms with Crippen molar-refractivity contribution in [3.63, 3.8) is 0 Å². The molecule has 0 rings (SSSR count). The van der Waals surface area contributed by atoms with Gasteiger partial charge in [0.25, 0.3) is 0 Å². The van der Waals surface area contributed by atoms with Gasteiger partial charge in [-0.3, -0.25) is 0 Å². The Balaban J connectivity index is 3.04. The van der Waals surface area contributed by atoms with Gasteiger partial charge in [-0.15, -0.1) is 0 Å². The van der Waals surface area contributed by atoms with Crippen LogP contribution in [0.4, 0.5) is 0 Å². The molecule has 2 radical (unpaired) electrons. The highest BCUT2D eigenvalue weighted by Crippen LogP contribution is 1.90. The van der Waals surface area contributed by atoms with Crippen LogP contribution in [0.3, 0.4) is 0 Å². The number of hydrogen-bond acceptors (Lipinski definition) is 2. The summed E-state index contributed by atoms with van der Waals surface area (Å²) in [5, 5.41) is 3.29. The van der Waals surface area contributed by atoms with Crippen molar-refractivity contribution in [2.24, 2.45) is 0 Å². The van der Waals surface area contributed by atoms with Crippen LogP contribution in [0, 0.1) is 0 Å². The maximum absolute atomic E-state index is 3.56. The molecule has 0 saturated heterocycles. The highest BCUT2D eigenvalue weighted by molar-refractivity contribution is 6.79. The third kappa shape index (κ3) is 8.35. The van der Waals surface area contributed by atoms with Crippen LogP contribution in [0.5, 0.6) is 0 Å². The maximum atomic E-state index is 3.56. The third-order valence-electron chi connectivity index (χ3n) is 0.927. The molecule has 0 aromatic heterocycles. The van der Waals surface area contributed by atoms with Crippen LogP contribution in [0.2, 0.25) is 19.6 Å². The lowest BCUT2D eigenvalue weighted by Crippen LogP contribution is -2.46. The van der Waals surface area contributed by atoms with Gasteiger partial charge in [0.1, 0.15) is 17.9 Å². The average Bonchev–Trinajstić information content (AvgIpc) is 1.78.